The zero-order valence-corrected chi connectivity index (χ0v) is 12.2. The van der Waals surface area contributed by atoms with Crippen LogP contribution in [0.15, 0.2) is 29.2 Å². The van der Waals surface area contributed by atoms with Gasteiger partial charge in [-0.2, -0.15) is 0 Å². The minimum Gasteiger partial charge on any atom is -0.353 e. The van der Waals surface area contributed by atoms with Gasteiger partial charge in [0.05, 0.1) is 5.25 Å². The fourth-order valence-corrected chi connectivity index (χ4v) is 2.98. The molecule has 0 fully saturated rings. The molecule has 0 radical (unpaired) electrons. The molecule has 100 valence electrons. The van der Waals surface area contributed by atoms with Crippen molar-refractivity contribution >= 4 is 30.1 Å². The van der Waals surface area contributed by atoms with Crippen LogP contribution in [0, 0.1) is 0 Å². The standard InChI is InChI=1S/C13H18N2OS.ClH/c1-13(2,14)8-15-12(16)11-7-9-5-3-4-6-10(9)17-11;/h3-6,11H,7-8,14H2,1-2H3,(H,15,16);1H. The quantitative estimate of drug-likeness (QED) is 0.893. The molecule has 2 rings (SSSR count). The smallest absolute Gasteiger partial charge is 0.233 e. The summed E-state index contributed by atoms with van der Waals surface area (Å²) in [6.45, 7) is 4.33. The van der Waals surface area contributed by atoms with Gasteiger partial charge in [0.1, 0.15) is 0 Å². The van der Waals surface area contributed by atoms with E-state index in [-0.39, 0.29) is 29.1 Å². The molecule has 0 spiro atoms. The van der Waals surface area contributed by atoms with Crippen LogP contribution in [-0.2, 0) is 11.2 Å². The lowest BCUT2D eigenvalue weighted by Gasteiger charge is -2.20. The van der Waals surface area contributed by atoms with Crippen LogP contribution in [0.4, 0.5) is 0 Å². The minimum absolute atomic E-state index is 0. The molecule has 5 heteroatoms. The van der Waals surface area contributed by atoms with Gasteiger partial charge in [-0.05, 0) is 31.9 Å². The van der Waals surface area contributed by atoms with Gasteiger partial charge in [-0.1, -0.05) is 18.2 Å². The van der Waals surface area contributed by atoms with E-state index in [2.05, 4.69) is 17.4 Å². The van der Waals surface area contributed by atoms with Crippen molar-refractivity contribution in [1.82, 2.24) is 5.32 Å². The minimum atomic E-state index is -0.355. The van der Waals surface area contributed by atoms with Crippen molar-refractivity contribution in [2.75, 3.05) is 6.54 Å². The van der Waals surface area contributed by atoms with E-state index >= 15 is 0 Å². The van der Waals surface area contributed by atoms with Crippen LogP contribution >= 0.6 is 24.2 Å². The van der Waals surface area contributed by atoms with Gasteiger partial charge in [-0.25, -0.2) is 0 Å². The number of amides is 1. The molecular formula is C13H19ClN2OS. The van der Waals surface area contributed by atoms with Crippen LogP contribution < -0.4 is 11.1 Å². The molecule has 3 nitrogen and oxygen atoms in total. The first-order chi connectivity index (χ1) is 7.96. The number of halogens is 1. The molecule has 18 heavy (non-hydrogen) atoms. The Morgan fingerprint density at radius 2 is 2.17 bits per heavy atom. The van der Waals surface area contributed by atoms with Crippen molar-refractivity contribution in [2.45, 2.75) is 36.0 Å². The van der Waals surface area contributed by atoms with Crippen molar-refractivity contribution in [3.05, 3.63) is 29.8 Å². The Morgan fingerprint density at radius 3 is 2.78 bits per heavy atom. The number of carbonyl (C=O) groups excluding carboxylic acids is 1. The molecule has 0 aromatic heterocycles. The highest BCUT2D eigenvalue weighted by atomic mass is 35.5. The molecule has 1 aliphatic heterocycles. The highest BCUT2D eigenvalue weighted by Gasteiger charge is 2.28. The van der Waals surface area contributed by atoms with E-state index in [0.29, 0.717) is 6.54 Å². The predicted octanol–water partition coefficient (Wildman–Crippen LogP) is 1.98. The first kappa shape index (κ1) is 15.3. The highest BCUT2D eigenvalue weighted by molar-refractivity contribution is 8.01. The maximum Gasteiger partial charge on any atom is 0.233 e. The van der Waals surface area contributed by atoms with Gasteiger partial charge in [-0.3, -0.25) is 4.79 Å². The summed E-state index contributed by atoms with van der Waals surface area (Å²) >= 11 is 1.64. The molecule has 1 aromatic rings. The molecule has 0 aliphatic carbocycles. The lowest BCUT2D eigenvalue weighted by atomic mass is 10.1. The van der Waals surface area contributed by atoms with Crippen molar-refractivity contribution < 1.29 is 4.79 Å². The fourth-order valence-electron chi connectivity index (χ4n) is 1.76. The molecule has 0 saturated carbocycles. The second kappa shape index (κ2) is 5.95. The molecule has 3 N–H and O–H groups in total. The Balaban J connectivity index is 0.00000162. The first-order valence-electron chi connectivity index (χ1n) is 5.77. The monoisotopic (exact) mass is 286 g/mol. The third-order valence-corrected chi connectivity index (χ3v) is 3.98. The number of hydrogen-bond donors (Lipinski definition) is 2. The topological polar surface area (TPSA) is 55.1 Å². The van der Waals surface area contributed by atoms with Crippen LogP contribution in [0.3, 0.4) is 0 Å². The maximum absolute atomic E-state index is 12.0. The Kier molecular flexibility index (Phi) is 5.08. The number of benzene rings is 1. The summed E-state index contributed by atoms with van der Waals surface area (Å²) in [4.78, 5) is 13.2. The molecule has 1 aromatic carbocycles. The number of fused-ring (bicyclic) bond motifs is 1. The van der Waals surface area contributed by atoms with Crippen molar-refractivity contribution in [2.24, 2.45) is 5.73 Å². The van der Waals surface area contributed by atoms with Crippen molar-refractivity contribution in [3.63, 3.8) is 0 Å². The summed E-state index contributed by atoms with van der Waals surface area (Å²) in [7, 11) is 0. The first-order valence-corrected chi connectivity index (χ1v) is 6.65. The van der Waals surface area contributed by atoms with E-state index in [1.807, 2.05) is 26.0 Å². The van der Waals surface area contributed by atoms with Gasteiger partial charge in [0.25, 0.3) is 0 Å². The van der Waals surface area contributed by atoms with Crippen molar-refractivity contribution in [3.8, 4) is 0 Å². The third-order valence-electron chi connectivity index (χ3n) is 2.66. The van der Waals surface area contributed by atoms with Gasteiger partial charge in [-0.15, -0.1) is 24.2 Å². The van der Waals surface area contributed by atoms with Crippen LogP contribution in [-0.4, -0.2) is 23.2 Å². The number of rotatable bonds is 3. The Morgan fingerprint density at radius 1 is 1.50 bits per heavy atom. The van der Waals surface area contributed by atoms with Crippen LogP contribution in [0.25, 0.3) is 0 Å². The Bertz CT molecular complexity index is 406. The second-order valence-corrected chi connectivity index (χ2v) is 6.37. The second-order valence-electron chi connectivity index (χ2n) is 5.12. The largest absolute Gasteiger partial charge is 0.353 e. The number of nitrogens with one attached hydrogen (secondary N) is 1. The Labute approximate surface area is 118 Å². The molecule has 1 unspecified atom stereocenters. The summed E-state index contributed by atoms with van der Waals surface area (Å²) in [5.74, 6) is 0.0877. The van der Waals surface area contributed by atoms with E-state index in [0.717, 1.165) is 6.42 Å². The Hall–Kier alpha value is -0.710. The molecule has 1 atom stereocenters. The third kappa shape index (κ3) is 3.90. The molecule has 0 bridgehead atoms. The van der Waals surface area contributed by atoms with E-state index in [9.17, 15) is 4.79 Å². The van der Waals surface area contributed by atoms with E-state index in [4.69, 9.17) is 5.73 Å². The van der Waals surface area contributed by atoms with Gasteiger partial charge < -0.3 is 11.1 Å². The fraction of sp³-hybridized carbons (Fsp3) is 0.462. The van der Waals surface area contributed by atoms with E-state index < -0.39 is 0 Å². The van der Waals surface area contributed by atoms with E-state index in [1.165, 1.54) is 10.5 Å². The summed E-state index contributed by atoms with van der Waals surface area (Å²) in [6.07, 6.45) is 0.817. The summed E-state index contributed by atoms with van der Waals surface area (Å²) in [5.41, 5.74) is 6.76. The average molecular weight is 287 g/mol. The summed E-state index contributed by atoms with van der Waals surface area (Å²) in [5, 5.41) is 2.91. The number of hydrogen-bond acceptors (Lipinski definition) is 3. The molecule has 1 amide bonds. The number of nitrogens with two attached hydrogens (primary N) is 1. The van der Waals surface area contributed by atoms with Gasteiger partial charge in [0.2, 0.25) is 5.91 Å². The SMILES string of the molecule is CC(C)(N)CNC(=O)C1Cc2ccccc2S1.Cl. The normalized spacial score (nSPS) is 17.8. The predicted molar refractivity (Wildman–Crippen MR) is 78.3 cm³/mol. The molecule has 1 heterocycles. The highest BCUT2D eigenvalue weighted by Crippen LogP contribution is 2.36. The molecule has 0 saturated heterocycles. The zero-order chi connectivity index (χ0) is 12.5. The molecular weight excluding hydrogens is 268 g/mol. The van der Waals surface area contributed by atoms with Gasteiger partial charge in [0.15, 0.2) is 0 Å². The molecule has 1 aliphatic rings. The lowest BCUT2D eigenvalue weighted by molar-refractivity contribution is -0.120. The van der Waals surface area contributed by atoms with Gasteiger partial charge >= 0.3 is 0 Å². The summed E-state index contributed by atoms with van der Waals surface area (Å²) in [6, 6.07) is 8.18. The maximum atomic E-state index is 12.0. The number of thioether (sulfide) groups is 1. The van der Waals surface area contributed by atoms with Crippen molar-refractivity contribution in [1.29, 1.82) is 0 Å². The lowest BCUT2D eigenvalue weighted by Crippen LogP contribution is -2.47. The van der Waals surface area contributed by atoms with Crippen LogP contribution in [0.2, 0.25) is 0 Å². The zero-order valence-electron chi connectivity index (χ0n) is 10.6. The van der Waals surface area contributed by atoms with E-state index in [1.54, 1.807) is 11.8 Å². The summed E-state index contributed by atoms with van der Waals surface area (Å²) < 4.78 is 0. The number of carbonyl (C=O) groups is 1. The van der Waals surface area contributed by atoms with Crippen LogP contribution in [0.5, 0.6) is 0 Å². The van der Waals surface area contributed by atoms with Gasteiger partial charge in [0, 0.05) is 17.0 Å². The average Bonchev–Trinajstić information content (AvgIpc) is 2.68. The van der Waals surface area contributed by atoms with Crippen LogP contribution in [0.1, 0.15) is 19.4 Å².